The topological polar surface area (TPSA) is 118 Å². The molecular formula is C23H30N6O2. The molecule has 31 heavy (non-hydrogen) atoms. The summed E-state index contributed by atoms with van der Waals surface area (Å²) >= 11 is 0. The van der Waals surface area contributed by atoms with Gasteiger partial charge < -0.3 is 10.5 Å². The van der Waals surface area contributed by atoms with Crippen molar-refractivity contribution in [2.24, 2.45) is 24.6 Å². The van der Waals surface area contributed by atoms with E-state index in [2.05, 4.69) is 22.0 Å². The highest BCUT2D eigenvalue weighted by Gasteiger charge is 2.43. The summed E-state index contributed by atoms with van der Waals surface area (Å²) in [5, 5.41) is 14.5. The first kappa shape index (κ1) is 21.3. The Hall–Kier alpha value is -2.89. The van der Waals surface area contributed by atoms with Gasteiger partial charge in [-0.05, 0) is 51.0 Å². The number of benzene rings is 1. The van der Waals surface area contributed by atoms with E-state index < -0.39 is 0 Å². The van der Waals surface area contributed by atoms with Crippen LogP contribution in [0.3, 0.4) is 0 Å². The van der Waals surface area contributed by atoms with Crippen LogP contribution in [0, 0.1) is 23.2 Å². The average molecular weight is 423 g/mol. The van der Waals surface area contributed by atoms with Crippen molar-refractivity contribution in [3.8, 4) is 23.1 Å². The molecule has 164 valence electrons. The maximum absolute atomic E-state index is 12.4. The predicted octanol–water partition coefficient (Wildman–Crippen LogP) is 2.21. The molecule has 8 heteroatoms. The first-order valence-electron chi connectivity index (χ1n) is 10.9. The molecule has 2 heterocycles. The fraction of sp³-hybridized carbons (Fsp3) is 0.522. The molecule has 4 N–H and O–H groups in total. The van der Waals surface area contributed by atoms with Gasteiger partial charge in [0.25, 0.3) is 0 Å². The van der Waals surface area contributed by atoms with E-state index >= 15 is 0 Å². The number of nitrogens with two attached hydrogens (primary N) is 1. The standard InChI is InChI=1S/C23H30N6O2/c1-13(2)31-21-6-4-5-15(18(21)10-24)22-19(12-26-29(22)3)14-7-8-16-17(9-14)20(11-25)27-28-23(16)30/h4-6,12-14,16-17,20,27H,7-9,11,25H2,1-3H3,(H,28,30). The number of nitrogens with one attached hydrogen (secondary N) is 2. The largest absolute Gasteiger partial charge is 0.490 e. The van der Waals surface area contributed by atoms with Gasteiger partial charge in [-0.25, -0.2) is 5.43 Å². The molecule has 1 aromatic carbocycles. The zero-order valence-corrected chi connectivity index (χ0v) is 18.3. The van der Waals surface area contributed by atoms with E-state index in [1.165, 1.54) is 0 Å². The maximum atomic E-state index is 12.4. The van der Waals surface area contributed by atoms with E-state index in [4.69, 9.17) is 10.5 Å². The summed E-state index contributed by atoms with van der Waals surface area (Å²) in [6, 6.07) is 8.10. The van der Waals surface area contributed by atoms with Gasteiger partial charge in [-0.1, -0.05) is 12.1 Å². The summed E-state index contributed by atoms with van der Waals surface area (Å²) in [5.41, 5.74) is 15.2. The number of fused-ring (bicyclic) bond motifs is 1. The molecule has 0 radical (unpaired) electrons. The van der Waals surface area contributed by atoms with Crippen LogP contribution in [0.1, 0.15) is 50.2 Å². The van der Waals surface area contributed by atoms with Crippen LogP contribution >= 0.6 is 0 Å². The summed E-state index contributed by atoms with van der Waals surface area (Å²) in [4.78, 5) is 12.4. The third kappa shape index (κ3) is 3.91. The van der Waals surface area contributed by atoms with Crippen molar-refractivity contribution in [3.05, 3.63) is 35.5 Å². The Balaban J connectivity index is 1.71. The molecule has 0 spiro atoms. The lowest BCUT2D eigenvalue weighted by Gasteiger charge is -2.43. The molecule has 1 saturated heterocycles. The lowest BCUT2D eigenvalue weighted by molar-refractivity contribution is -0.133. The van der Waals surface area contributed by atoms with Crippen LogP contribution in [0.5, 0.6) is 5.75 Å². The highest BCUT2D eigenvalue weighted by molar-refractivity contribution is 5.80. The lowest BCUT2D eigenvalue weighted by Crippen LogP contribution is -2.62. The number of aromatic nitrogens is 2. The fourth-order valence-corrected chi connectivity index (χ4v) is 5.13. The third-order valence-electron chi connectivity index (χ3n) is 6.55. The van der Waals surface area contributed by atoms with Gasteiger partial charge in [-0.3, -0.25) is 14.9 Å². The fourth-order valence-electron chi connectivity index (χ4n) is 5.13. The number of aryl methyl sites for hydroxylation is 1. The van der Waals surface area contributed by atoms with Crippen molar-refractivity contribution < 1.29 is 9.53 Å². The van der Waals surface area contributed by atoms with Gasteiger partial charge in [0, 0.05) is 36.7 Å². The first-order valence-corrected chi connectivity index (χ1v) is 10.9. The molecule has 8 nitrogen and oxygen atoms in total. The van der Waals surface area contributed by atoms with Gasteiger partial charge >= 0.3 is 0 Å². The number of nitrogens with zero attached hydrogens (tertiary/aromatic N) is 3. The van der Waals surface area contributed by atoms with Crippen molar-refractivity contribution in [2.45, 2.75) is 51.2 Å². The highest BCUT2D eigenvalue weighted by Crippen LogP contribution is 2.45. The summed E-state index contributed by atoms with van der Waals surface area (Å²) < 4.78 is 7.73. The quantitative estimate of drug-likeness (QED) is 0.680. The molecule has 1 amide bonds. The number of hydrogen-bond donors (Lipinski definition) is 3. The smallest absolute Gasteiger partial charge is 0.237 e. The molecule has 4 rings (SSSR count). The van der Waals surface area contributed by atoms with E-state index in [1.807, 2.05) is 50.0 Å². The molecule has 4 unspecified atom stereocenters. The monoisotopic (exact) mass is 422 g/mol. The Morgan fingerprint density at radius 3 is 2.90 bits per heavy atom. The van der Waals surface area contributed by atoms with Gasteiger partial charge in [-0.15, -0.1) is 0 Å². The molecule has 0 bridgehead atoms. The van der Waals surface area contributed by atoms with E-state index in [0.717, 1.165) is 36.1 Å². The first-order chi connectivity index (χ1) is 14.9. The molecule has 1 aromatic heterocycles. The summed E-state index contributed by atoms with van der Waals surface area (Å²) in [5.74, 6) is 1.06. The molecule has 1 saturated carbocycles. The van der Waals surface area contributed by atoms with Crippen molar-refractivity contribution in [2.75, 3.05) is 6.54 Å². The molecule has 2 aliphatic rings. The summed E-state index contributed by atoms with van der Waals surface area (Å²) in [6.45, 7) is 4.37. The van der Waals surface area contributed by atoms with Gasteiger partial charge in [0.1, 0.15) is 17.4 Å². The average Bonchev–Trinajstić information content (AvgIpc) is 3.14. The van der Waals surface area contributed by atoms with Crippen molar-refractivity contribution in [1.29, 1.82) is 5.26 Å². The minimum absolute atomic E-state index is 0.0105. The number of amides is 1. The van der Waals surface area contributed by atoms with Gasteiger partial charge in [0.05, 0.1) is 18.0 Å². The van der Waals surface area contributed by atoms with E-state index in [1.54, 1.807) is 0 Å². The van der Waals surface area contributed by atoms with Crippen molar-refractivity contribution >= 4 is 5.91 Å². The third-order valence-corrected chi connectivity index (χ3v) is 6.55. The maximum Gasteiger partial charge on any atom is 0.237 e. The van der Waals surface area contributed by atoms with Crippen LogP contribution in [-0.2, 0) is 11.8 Å². The van der Waals surface area contributed by atoms with Crippen LogP contribution in [0.25, 0.3) is 11.3 Å². The second kappa shape index (κ2) is 8.69. The van der Waals surface area contributed by atoms with Gasteiger partial charge in [0.2, 0.25) is 5.91 Å². The van der Waals surface area contributed by atoms with Gasteiger partial charge in [-0.2, -0.15) is 10.4 Å². The van der Waals surface area contributed by atoms with Crippen LogP contribution < -0.4 is 21.3 Å². The highest BCUT2D eigenvalue weighted by atomic mass is 16.5. The number of carbonyl (C=O) groups is 1. The Morgan fingerprint density at radius 1 is 1.39 bits per heavy atom. The van der Waals surface area contributed by atoms with E-state index in [0.29, 0.717) is 17.9 Å². The number of carbonyl (C=O) groups excluding carboxylic acids is 1. The number of hydrazine groups is 1. The Kier molecular flexibility index (Phi) is 5.99. The number of ether oxygens (including phenoxy) is 1. The molecule has 2 fully saturated rings. The summed E-state index contributed by atoms with van der Waals surface area (Å²) in [6.07, 6.45) is 4.45. The Bertz CT molecular complexity index is 1010. The Labute approximate surface area is 182 Å². The summed E-state index contributed by atoms with van der Waals surface area (Å²) in [7, 11) is 1.90. The second-order valence-electron chi connectivity index (χ2n) is 8.79. The minimum atomic E-state index is -0.0261. The molecule has 2 aromatic rings. The predicted molar refractivity (Wildman–Crippen MR) is 117 cm³/mol. The molecule has 1 aliphatic heterocycles. The number of nitriles is 1. The zero-order chi connectivity index (χ0) is 22.1. The minimum Gasteiger partial charge on any atom is -0.490 e. The van der Waals surface area contributed by atoms with Crippen LogP contribution in [-0.4, -0.2) is 34.4 Å². The lowest BCUT2D eigenvalue weighted by atomic mass is 9.68. The van der Waals surface area contributed by atoms with Crippen LogP contribution in [0.15, 0.2) is 24.4 Å². The zero-order valence-electron chi connectivity index (χ0n) is 18.3. The number of rotatable bonds is 5. The second-order valence-corrected chi connectivity index (χ2v) is 8.79. The molecular weight excluding hydrogens is 392 g/mol. The SMILES string of the molecule is CC(C)Oc1cccc(-c2c(C3CCC4C(=O)NNC(CN)C4C3)cnn2C)c1C#N. The number of hydrogen-bond acceptors (Lipinski definition) is 6. The van der Waals surface area contributed by atoms with Crippen LogP contribution in [0.4, 0.5) is 0 Å². The Morgan fingerprint density at radius 2 is 2.19 bits per heavy atom. The van der Waals surface area contributed by atoms with E-state index in [9.17, 15) is 10.1 Å². The van der Waals surface area contributed by atoms with Crippen molar-refractivity contribution in [1.82, 2.24) is 20.6 Å². The van der Waals surface area contributed by atoms with Gasteiger partial charge in [0.15, 0.2) is 0 Å². The molecule has 4 atom stereocenters. The molecule has 1 aliphatic carbocycles. The van der Waals surface area contributed by atoms with E-state index in [-0.39, 0.29) is 35.8 Å². The normalized spacial score (nSPS) is 25.6. The van der Waals surface area contributed by atoms with Crippen LogP contribution in [0.2, 0.25) is 0 Å². The van der Waals surface area contributed by atoms with Crippen molar-refractivity contribution in [3.63, 3.8) is 0 Å².